The van der Waals surface area contributed by atoms with E-state index in [4.69, 9.17) is 0 Å². The highest BCUT2D eigenvalue weighted by Gasteiger charge is 2.37. The van der Waals surface area contributed by atoms with Crippen LogP contribution in [0.15, 0.2) is 24.3 Å². The Morgan fingerprint density at radius 2 is 1.95 bits per heavy atom. The summed E-state index contributed by atoms with van der Waals surface area (Å²) in [4.78, 5) is 1.92. The number of para-hydroxylation sites is 1. The standard InChI is InChI=1S/C15H21F3N2/c1-11(19-2)13-8-5-6-10-20(13)14-9-4-3-7-12(14)15(16,17)18/h3-4,7,9,11,13,19H,5-6,8,10H2,1-2H3. The summed E-state index contributed by atoms with van der Waals surface area (Å²) in [6.07, 6.45) is -1.36. The molecule has 1 N–H and O–H groups in total. The van der Waals surface area contributed by atoms with E-state index in [0.29, 0.717) is 12.2 Å². The van der Waals surface area contributed by atoms with E-state index in [0.717, 1.165) is 19.3 Å². The molecule has 2 rings (SSSR count). The van der Waals surface area contributed by atoms with Crippen molar-refractivity contribution in [1.82, 2.24) is 5.32 Å². The number of piperidine rings is 1. The Hall–Kier alpha value is -1.23. The smallest absolute Gasteiger partial charge is 0.367 e. The summed E-state index contributed by atoms with van der Waals surface area (Å²) in [6, 6.07) is 6.16. The number of alkyl halides is 3. The highest BCUT2D eigenvalue weighted by Crippen LogP contribution is 2.38. The third-order valence-corrected chi connectivity index (χ3v) is 4.10. The fourth-order valence-electron chi connectivity index (χ4n) is 2.93. The molecule has 1 aromatic rings. The van der Waals surface area contributed by atoms with Gasteiger partial charge in [0.25, 0.3) is 0 Å². The first-order chi connectivity index (χ1) is 9.45. The van der Waals surface area contributed by atoms with Gasteiger partial charge in [0.1, 0.15) is 0 Å². The molecule has 0 radical (unpaired) electrons. The molecule has 0 spiro atoms. The van der Waals surface area contributed by atoms with Gasteiger partial charge in [0.2, 0.25) is 0 Å². The number of likely N-dealkylation sites (N-methyl/N-ethyl adjacent to an activating group) is 1. The summed E-state index contributed by atoms with van der Waals surface area (Å²) in [5, 5.41) is 3.17. The summed E-state index contributed by atoms with van der Waals surface area (Å²) < 4.78 is 39.5. The molecule has 0 bridgehead atoms. The molecule has 0 aliphatic carbocycles. The Bertz CT molecular complexity index is 445. The number of anilines is 1. The summed E-state index contributed by atoms with van der Waals surface area (Å²) in [5.74, 6) is 0. The molecule has 5 heteroatoms. The highest BCUT2D eigenvalue weighted by molar-refractivity contribution is 5.56. The molecular formula is C15H21F3N2. The second kappa shape index (κ2) is 6.04. The zero-order valence-electron chi connectivity index (χ0n) is 11.9. The fourth-order valence-corrected chi connectivity index (χ4v) is 2.93. The first kappa shape index (κ1) is 15.2. The number of rotatable bonds is 3. The number of hydrogen-bond donors (Lipinski definition) is 1. The third kappa shape index (κ3) is 3.08. The van der Waals surface area contributed by atoms with Crippen LogP contribution >= 0.6 is 0 Å². The lowest BCUT2D eigenvalue weighted by atomic mass is 9.95. The Morgan fingerprint density at radius 3 is 2.60 bits per heavy atom. The topological polar surface area (TPSA) is 15.3 Å². The lowest BCUT2D eigenvalue weighted by Crippen LogP contribution is -2.50. The third-order valence-electron chi connectivity index (χ3n) is 4.10. The van der Waals surface area contributed by atoms with E-state index in [-0.39, 0.29) is 12.1 Å². The summed E-state index contributed by atoms with van der Waals surface area (Å²) in [6.45, 7) is 2.71. The van der Waals surface area contributed by atoms with Crippen LogP contribution in [0.4, 0.5) is 18.9 Å². The van der Waals surface area contributed by atoms with Crippen LogP contribution in [-0.4, -0.2) is 25.7 Å². The van der Waals surface area contributed by atoms with Gasteiger partial charge in [-0.15, -0.1) is 0 Å². The van der Waals surface area contributed by atoms with E-state index in [1.165, 1.54) is 12.1 Å². The van der Waals surface area contributed by atoms with Crippen molar-refractivity contribution in [3.05, 3.63) is 29.8 Å². The molecule has 112 valence electrons. The van der Waals surface area contributed by atoms with E-state index < -0.39 is 11.7 Å². The van der Waals surface area contributed by atoms with Gasteiger partial charge in [-0.3, -0.25) is 0 Å². The molecule has 1 aliphatic rings. The van der Waals surface area contributed by atoms with Crippen LogP contribution in [0.2, 0.25) is 0 Å². The molecule has 1 aromatic carbocycles. The van der Waals surface area contributed by atoms with Crippen molar-refractivity contribution in [2.75, 3.05) is 18.5 Å². The predicted molar refractivity (Wildman–Crippen MR) is 75.0 cm³/mol. The number of hydrogen-bond acceptors (Lipinski definition) is 2. The van der Waals surface area contributed by atoms with E-state index in [2.05, 4.69) is 5.32 Å². The number of nitrogens with zero attached hydrogens (tertiary/aromatic N) is 1. The maximum Gasteiger partial charge on any atom is 0.418 e. The highest BCUT2D eigenvalue weighted by atomic mass is 19.4. The predicted octanol–water partition coefficient (Wildman–Crippen LogP) is 3.67. The average Bonchev–Trinajstić information content (AvgIpc) is 2.45. The second-order valence-corrected chi connectivity index (χ2v) is 5.35. The largest absolute Gasteiger partial charge is 0.418 e. The van der Waals surface area contributed by atoms with E-state index in [1.807, 2.05) is 18.9 Å². The summed E-state index contributed by atoms with van der Waals surface area (Å²) in [7, 11) is 1.85. The molecule has 1 fully saturated rings. The van der Waals surface area contributed by atoms with Crippen molar-refractivity contribution in [1.29, 1.82) is 0 Å². The van der Waals surface area contributed by atoms with Crippen molar-refractivity contribution in [2.45, 2.75) is 44.4 Å². The van der Waals surface area contributed by atoms with Gasteiger partial charge in [-0.25, -0.2) is 0 Å². The minimum Gasteiger partial charge on any atom is -0.367 e. The average molecular weight is 286 g/mol. The van der Waals surface area contributed by atoms with Crippen molar-refractivity contribution in [2.24, 2.45) is 0 Å². The number of halogens is 3. The van der Waals surface area contributed by atoms with Gasteiger partial charge < -0.3 is 10.2 Å². The van der Waals surface area contributed by atoms with Gasteiger partial charge in [-0.2, -0.15) is 13.2 Å². The van der Waals surface area contributed by atoms with Crippen LogP contribution in [0, 0.1) is 0 Å². The molecule has 2 atom stereocenters. The molecule has 1 heterocycles. The molecular weight excluding hydrogens is 265 g/mol. The minimum absolute atomic E-state index is 0.109. The number of benzene rings is 1. The minimum atomic E-state index is -4.30. The monoisotopic (exact) mass is 286 g/mol. The molecule has 1 saturated heterocycles. The maximum atomic E-state index is 13.2. The Morgan fingerprint density at radius 1 is 1.25 bits per heavy atom. The Labute approximate surface area is 118 Å². The molecule has 0 saturated carbocycles. The molecule has 20 heavy (non-hydrogen) atoms. The van der Waals surface area contributed by atoms with Crippen molar-refractivity contribution in [3.63, 3.8) is 0 Å². The number of nitrogens with one attached hydrogen (secondary N) is 1. The zero-order valence-corrected chi connectivity index (χ0v) is 11.9. The Balaban J connectivity index is 2.38. The molecule has 0 aromatic heterocycles. The summed E-state index contributed by atoms with van der Waals surface area (Å²) >= 11 is 0. The molecule has 1 aliphatic heterocycles. The first-order valence-corrected chi connectivity index (χ1v) is 7.05. The first-order valence-electron chi connectivity index (χ1n) is 7.05. The Kier molecular flexibility index (Phi) is 4.58. The quantitative estimate of drug-likeness (QED) is 0.912. The van der Waals surface area contributed by atoms with Crippen LogP contribution in [0.3, 0.4) is 0 Å². The van der Waals surface area contributed by atoms with Crippen molar-refractivity contribution < 1.29 is 13.2 Å². The van der Waals surface area contributed by atoms with Crippen molar-refractivity contribution >= 4 is 5.69 Å². The van der Waals surface area contributed by atoms with Gasteiger partial charge in [0.15, 0.2) is 0 Å². The molecule has 0 amide bonds. The van der Waals surface area contributed by atoms with Gasteiger partial charge in [0, 0.05) is 24.3 Å². The van der Waals surface area contributed by atoms with Crippen LogP contribution < -0.4 is 10.2 Å². The van der Waals surface area contributed by atoms with Gasteiger partial charge in [-0.05, 0) is 45.4 Å². The maximum absolute atomic E-state index is 13.2. The normalized spacial score (nSPS) is 21.9. The van der Waals surface area contributed by atoms with Crippen LogP contribution in [0.5, 0.6) is 0 Å². The van der Waals surface area contributed by atoms with Crippen LogP contribution in [-0.2, 0) is 6.18 Å². The van der Waals surface area contributed by atoms with Gasteiger partial charge in [0.05, 0.1) is 5.56 Å². The molecule has 2 nitrogen and oxygen atoms in total. The van der Waals surface area contributed by atoms with Crippen molar-refractivity contribution in [3.8, 4) is 0 Å². The van der Waals surface area contributed by atoms with Crippen LogP contribution in [0.25, 0.3) is 0 Å². The van der Waals surface area contributed by atoms with E-state index >= 15 is 0 Å². The lowest BCUT2D eigenvalue weighted by Gasteiger charge is -2.41. The zero-order chi connectivity index (χ0) is 14.8. The van der Waals surface area contributed by atoms with Gasteiger partial charge >= 0.3 is 6.18 Å². The van der Waals surface area contributed by atoms with E-state index in [9.17, 15) is 13.2 Å². The fraction of sp³-hybridized carbons (Fsp3) is 0.600. The van der Waals surface area contributed by atoms with Crippen LogP contribution in [0.1, 0.15) is 31.7 Å². The molecule has 2 unspecified atom stereocenters. The summed E-state index contributed by atoms with van der Waals surface area (Å²) in [5.41, 5.74) is -0.220. The SMILES string of the molecule is CNC(C)C1CCCCN1c1ccccc1C(F)(F)F. The van der Waals surface area contributed by atoms with E-state index in [1.54, 1.807) is 12.1 Å². The lowest BCUT2D eigenvalue weighted by molar-refractivity contribution is -0.137. The van der Waals surface area contributed by atoms with Gasteiger partial charge in [-0.1, -0.05) is 12.1 Å². The second-order valence-electron chi connectivity index (χ2n) is 5.35.